The molecule has 1 saturated heterocycles. The summed E-state index contributed by atoms with van der Waals surface area (Å²) >= 11 is 0. The third-order valence-electron chi connectivity index (χ3n) is 4.04. The van der Waals surface area contributed by atoms with Crippen LogP contribution in [0, 0.1) is 0 Å². The van der Waals surface area contributed by atoms with E-state index in [1.165, 1.54) is 19.3 Å². The Morgan fingerprint density at radius 3 is 3.15 bits per heavy atom. The second kappa shape index (κ2) is 5.20. The van der Waals surface area contributed by atoms with E-state index in [9.17, 15) is 4.79 Å². The molecule has 2 heterocycles. The van der Waals surface area contributed by atoms with Crippen LogP contribution < -0.4 is 16.8 Å². The van der Waals surface area contributed by atoms with Crippen molar-refractivity contribution in [1.29, 1.82) is 0 Å². The van der Waals surface area contributed by atoms with Crippen molar-refractivity contribution < 1.29 is 4.42 Å². The molecule has 0 aliphatic carbocycles. The predicted molar refractivity (Wildman–Crippen MR) is 80.0 cm³/mol. The molecule has 0 amide bonds. The minimum Gasteiger partial charge on any atom is -0.408 e. The lowest BCUT2D eigenvalue weighted by molar-refractivity contribution is 0.194. The molecular formula is C14H20N4O2. The van der Waals surface area contributed by atoms with Crippen LogP contribution in [0.3, 0.4) is 0 Å². The molecule has 0 radical (unpaired) electrons. The Kier molecular flexibility index (Phi) is 3.40. The maximum atomic E-state index is 11.2. The van der Waals surface area contributed by atoms with Gasteiger partial charge in [0.15, 0.2) is 5.58 Å². The molecule has 1 unspecified atom stereocenters. The van der Waals surface area contributed by atoms with Crippen LogP contribution in [0.4, 0.5) is 11.4 Å². The van der Waals surface area contributed by atoms with Gasteiger partial charge in [0.2, 0.25) is 0 Å². The van der Waals surface area contributed by atoms with Crippen LogP contribution in [-0.2, 0) is 0 Å². The molecule has 1 aromatic heterocycles. The third kappa shape index (κ3) is 2.51. The highest BCUT2D eigenvalue weighted by atomic mass is 16.4. The number of fused-ring (bicyclic) bond motifs is 1. The summed E-state index contributed by atoms with van der Waals surface area (Å²) in [6.45, 7) is 2.00. The van der Waals surface area contributed by atoms with Gasteiger partial charge in [-0.25, -0.2) is 4.79 Å². The Balaban J connectivity index is 1.76. The number of nitrogens with zero attached hydrogens (tertiary/aromatic N) is 1. The Morgan fingerprint density at radius 2 is 2.35 bits per heavy atom. The van der Waals surface area contributed by atoms with Gasteiger partial charge in [-0.3, -0.25) is 4.98 Å². The number of hydrogen-bond donors (Lipinski definition) is 3. The number of anilines is 2. The van der Waals surface area contributed by atoms with E-state index in [1.807, 2.05) is 6.07 Å². The first-order chi connectivity index (χ1) is 9.63. The monoisotopic (exact) mass is 276 g/mol. The molecule has 3 rings (SSSR count). The molecule has 1 aromatic carbocycles. The van der Waals surface area contributed by atoms with Gasteiger partial charge in [0.25, 0.3) is 0 Å². The molecule has 0 saturated carbocycles. The maximum Gasteiger partial charge on any atom is 0.417 e. The Hall–Kier alpha value is -1.95. The molecule has 4 N–H and O–H groups in total. The van der Waals surface area contributed by atoms with Gasteiger partial charge in [0, 0.05) is 18.7 Å². The Labute approximate surface area is 116 Å². The topological polar surface area (TPSA) is 87.3 Å². The summed E-state index contributed by atoms with van der Waals surface area (Å²) in [5.74, 6) is -0.455. The van der Waals surface area contributed by atoms with Crippen molar-refractivity contribution in [3.05, 3.63) is 22.7 Å². The molecule has 0 spiro atoms. The summed E-state index contributed by atoms with van der Waals surface area (Å²) in [5.41, 5.74) is 8.59. The van der Waals surface area contributed by atoms with E-state index in [4.69, 9.17) is 10.2 Å². The second-order valence-electron chi connectivity index (χ2n) is 5.46. The number of nitrogen functional groups attached to an aromatic ring is 1. The minimum absolute atomic E-state index is 0.455. The fraction of sp³-hybridized carbons (Fsp3) is 0.500. The van der Waals surface area contributed by atoms with E-state index in [2.05, 4.69) is 22.2 Å². The van der Waals surface area contributed by atoms with Crippen molar-refractivity contribution in [1.82, 2.24) is 9.88 Å². The van der Waals surface area contributed by atoms with Crippen molar-refractivity contribution in [3.63, 3.8) is 0 Å². The lowest BCUT2D eigenvalue weighted by Crippen LogP contribution is -2.40. The van der Waals surface area contributed by atoms with Gasteiger partial charge in [0.1, 0.15) is 0 Å². The molecular weight excluding hydrogens is 256 g/mol. The Bertz CT molecular complexity index is 661. The van der Waals surface area contributed by atoms with Crippen molar-refractivity contribution in [3.8, 4) is 0 Å². The molecule has 6 nitrogen and oxygen atoms in total. The third-order valence-corrected chi connectivity index (χ3v) is 4.04. The van der Waals surface area contributed by atoms with Gasteiger partial charge >= 0.3 is 5.76 Å². The maximum absolute atomic E-state index is 11.2. The zero-order chi connectivity index (χ0) is 14.1. The zero-order valence-electron chi connectivity index (χ0n) is 11.6. The fourth-order valence-electron chi connectivity index (χ4n) is 2.80. The number of benzene rings is 1. The van der Waals surface area contributed by atoms with E-state index in [-0.39, 0.29) is 0 Å². The van der Waals surface area contributed by atoms with Gasteiger partial charge in [-0.1, -0.05) is 6.42 Å². The molecule has 6 heteroatoms. The van der Waals surface area contributed by atoms with E-state index < -0.39 is 5.76 Å². The molecule has 108 valence electrons. The van der Waals surface area contributed by atoms with Crippen molar-refractivity contribution in [2.75, 3.05) is 31.2 Å². The number of likely N-dealkylation sites (tertiary alicyclic amines) is 1. The number of likely N-dealkylation sites (N-methyl/N-ethyl adjacent to an activating group) is 1. The van der Waals surface area contributed by atoms with Crippen molar-refractivity contribution in [2.24, 2.45) is 0 Å². The normalized spacial score (nSPS) is 20.4. The first-order valence-corrected chi connectivity index (χ1v) is 7.00. The lowest BCUT2D eigenvalue weighted by Gasteiger charge is -2.32. The van der Waals surface area contributed by atoms with Crippen LogP contribution >= 0.6 is 0 Å². The summed E-state index contributed by atoms with van der Waals surface area (Å²) < 4.78 is 4.99. The fourth-order valence-corrected chi connectivity index (χ4v) is 2.80. The largest absolute Gasteiger partial charge is 0.417 e. The number of oxazole rings is 1. The quantitative estimate of drug-likeness (QED) is 0.741. The number of nitrogens with one attached hydrogen (secondary N) is 2. The van der Waals surface area contributed by atoms with E-state index in [0.717, 1.165) is 18.8 Å². The van der Waals surface area contributed by atoms with Crippen LogP contribution in [-0.4, -0.2) is 36.1 Å². The average molecular weight is 276 g/mol. The Morgan fingerprint density at radius 1 is 1.50 bits per heavy atom. The minimum atomic E-state index is -0.455. The molecule has 0 bridgehead atoms. The van der Waals surface area contributed by atoms with Crippen LogP contribution in [0.2, 0.25) is 0 Å². The van der Waals surface area contributed by atoms with E-state index in [0.29, 0.717) is 22.8 Å². The average Bonchev–Trinajstić information content (AvgIpc) is 2.76. The summed E-state index contributed by atoms with van der Waals surface area (Å²) in [6, 6.07) is 4.04. The van der Waals surface area contributed by atoms with Gasteiger partial charge < -0.3 is 20.4 Å². The lowest BCUT2D eigenvalue weighted by atomic mass is 10.0. The molecule has 1 fully saturated rings. The molecule has 20 heavy (non-hydrogen) atoms. The summed E-state index contributed by atoms with van der Waals surface area (Å²) in [6.07, 6.45) is 3.76. The molecule has 1 aliphatic rings. The van der Waals surface area contributed by atoms with Gasteiger partial charge in [-0.2, -0.15) is 0 Å². The number of aromatic amines is 1. The number of nitrogens with two attached hydrogens (primary N) is 1. The van der Waals surface area contributed by atoms with E-state index in [1.54, 1.807) is 6.07 Å². The molecule has 2 aromatic rings. The standard InChI is InChI=1S/C14H20N4O2/c1-18-5-3-2-4-9(18)8-16-11-7-12-13(6-10(11)15)20-14(19)17-12/h6-7,9,16H,2-5,8,15H2,1H3,(H,17,19). The van der Waals surface area contributed by atoms with Crippen LogP contribution in [0.15, 0.2) is 21.3 Å². The highest BCUT2D eigenvalue weighted by molar-refractivity contribution is 5.85. The van der Waals surface area contributed by atoms with Gasteiger partial charge in [0.05, 0.1) is 16.9 Å². The van der Waals surface area contributed by atoms with Crippen LogP contribution in [0.25, 0.3) is 11.1 Å². The first kappa shape index (κ1) is 13.1. The number of aromatic nitrogens is 1. The number of hydrogen-bond acceptors (Lipinski definition) is 5. The molecule has 1 atom stereocenters. The van der Waals surface area contributed by atoms with Crippen LogP contribution in [0.5, 0.6) is 0 Å². The smallest absolute Gasteiger partial charge is 0.408 e. The van der Waals surface area contributed by atoms with Crippen molar-refractivity contribution >= 4 is 22.5 Å². The summed E-state index contributed by atoms with van der Waals surface area (Å²) in [7, 11) is 2.16. The number of piperidine rings is 1. The highest BCUT2D eigenvalue weighted by Gasteiger charge is 2.18. The first-order valence-electron chi connectivity index (χ1n) is 7.00. The predicted octanol–water partition coefficient (Wildman–Crippen LogP) is 1.60. The zero-order valence-corrected chi connectivity index (χ0v) is 11.6. The van der Waals surface area contributed by atoms with Crippen molar-refractivity contribution in [2.45, 2.75) is 25.3 Å². The number of H-pyrrole nitrogens is 1. The van der Waals surface area contributed by atoms with Gasteiger partial charge in [-0.05, 0) is 32.5 Å². The second-order valence-corrected chi connectivity index (χ2v) is 5.46. The summed E-state index contributed by atoms with van der Waals surface area (Å²) in [5, 5.41) is 3.38. The highest BCUT2D eigenvalue weighted by Crippen LogP contribution is 2.25. The number of rotatable bonds is 3. The summed E-state index contributed by atoms with van der Waals surface area (Å²) in [4.78, 5) is 16.2. The molecule has 1 aliphatic heterocycles. The van der Waals surface area contributed by atoms with E-state index >= 15 is 0 Å². The van der Waals surface area contributed by atoms with Crippen LogP contribution in [0.1, 0.15) is 19.3 Å². The van der Waals surface area contributed by atoms with Gasteiger partial charge in [-0.15, -0.1) is 0 Å². The SMILES string of the molecule is CN1CCCCC1CNc1cc2[nH]c(=O)oc2cc1N.